The summed E-state index contributed by atoms with van der Waals surface area (Å²) in [4.78, 5) is 12.9. The van der Waals surface area contributed by atoms with Crippen LogP contribution < -0.4 is 0 Å². The van der Waals surface area contributed by atoms with E-state index in [2.05, 4.69) is 20.1 Å². The molecule has 0 fully saturated rings. The summed E-state index contributed by atoms with van der Waals surface area (Å²) in [6, 6.07) is 5.99. The van der Waals surface area contributed by atoms with Gasteiger partial charge in [0.05, 0.1) is 10.9 Å². The number of benzene rings is 1. The van der Waals surface area contributed by atoms with Gasteiger partial charge in [-0.05, 0) is 46.2 Å². The summed E-state index contributed by atoms with van der Waals surface area (Å²) < 4.78 is 33.6. The molecule has 29 heavy (non-hydrogen) atoms. The fourth-order valence-corrected chi connectivity index (χ4v) is 4.55. The molecule has 1 aromatic carbocycles. The van der Waals surface area contributed by atoms with Gasteiger partial charge in [0, 0.05) is 12.1 Å². The van der Waals surface area contributed by atoms with E-state index in [-0.39, 0.29) is 17.0 Å². The van der Waals surface area contributed by atoms with Crippen LogP contribution in [0, 0.1) is 6.92 Å². The molecule has 0 spiro atoms. The molecule has 0 aromatic heterocycles. The minimum Gasteiger partial charge on any atom is -0.457 e. The third kappa shape index (κ3) is 7.44. The molecule has 5 nitrogen and oxygen atoms in total. The first-order valence-electron chi connectivity index (χ1n) is 10.1. The van der Waals surface area contributed by atoms with E-state index in [0.717, 1.165) is 24.8 Å². The summed E-state index contributed by atoms with van der Waals surface area (Å²) >= 11 is 0. The van der Waals surface area contributed by atoms with Crippen LogP contribution in [0.5, 0.6) is 0 Å². The van der Waals surface area contributed by atoms with Gasteiger partial charge in [0.15, 0.2) is 0 Å². The van der Waals surface area contributed by atoms with Gasteiger partial charge < -0.3 is 4.74 Å². The first-order valence-corrected chi connectivity index (χ1v) is 11.5. The van der Waals surface area contributed by atoms with E-state index in [1.54, 1.807) is 45.0 Å². The maximum atomic E-state index is 13.4. The lowest BCUT2D eigenvalue weighted by Gasteiger charge is -2.32. The van der Waals surface area contributed by atoms with Crippen molar-refractivity contribution in [1.82, 2.24) is 4.31 Å². The molecule has 0 saturated heterocycles. The average molecular weight is 422 g/mol. The molecule has 0 N–H and O–H groups in total. The molecule has 1 rings (SSSR count). The largest absolute Gasteiger partial charge is 0.457 e. The van der Waals surface area contributed by atoms with Crippen LogP contribution in [0.25, 0.3) is 0 Å². The maximum absolute atomic E-state index is 13.4. The van der Waals surface area contributed by atoms with Gasteiger partial charge in [-0.1, -0.05) is 56.5 Å². The molecule has 162 valence electrons. The fourth-order valence-electron chi connectivity index (χ4n) is 2.93. The highest BCUT2D eigenvalue weighted by Gasteiger charge is 2.35. The van der Waals surface area contributed by atoms with E-state index < -0.39 is 27.6 Å². The van der Waals surface area contributed by atoms with E-state index in [0.29, 0.717) is 6.42 Å². The van der Waals surface area contributed by atoms with Crippen molar-refractivity contribution in [3.05, 3.63) is 54.6 Å². The number of carbonyl (C=O) groups excluding carboxylic acids is 1. The number of hydrogen-bond donors (Lipinski definition) is 0. The van der Waals surface area contributed by atoms with Crippen molar-refractivity contribution in [1.29, 1.82) is 0 Å². The summed E-state index contributed by atoms with van der Waals surface area (Å²) in [5.41, 5.74) is 0.429. The predicted molar refractivity (Wildman–Crippen MR) is 118 cm³/mol. The smallest absolute Gasteiger partial charge is 0.335 e. The first kappa shape index (κ1) is 25.1. The molecule has 0 amide bonds. The Morgan fingerprint density at radius 1 is 1.21 bits per heavy atom. The van der Waals surface area contributed by atoms with Crippen molar-refractivity contribution in [2.45, 2.75) is 76.8 Å². The minimum absolute atomic E-state index is 0.0782. The van der Waals surface area contributed by atoms with Crippen LogP contribution in [0.2, 0.25) is 0 Å². The second-order valence-corrected chi connectivity index (χ2v) is 10.1. The van der Waals surface area contributed by atoms with Gasteiger partial charge in [-0.3, -0.25) is 0 Å². The minimum atomic E-state index is -3.85. The second kappa shape index (κ2) is 10.7. The number of nitrogens with zero attached hydrogens (tertiary/aromatic N) is 1. The van der Waals surface area contributed by atoms with Crippen molar-refractivity contribution in [2.24, 2.45) is 0 Å². The number of hydrogen-bond acceptors (Lipinski definition) is 4. The molecule has 6 heteroatoms. The fraction of sp³-hybridized carbons (Fsp3) is 0.522. The molecule has 0 unspecified atom stereocenters. The number of ether oxygens (including phenoxy) is 1. The lowest BCUT2D eigenvalue weighted by atomic mass is 10.0. The van der Waals surface area contributed by atoms with Crippen molar-refractivity contribution >= 4 is 16.0 Å². The Balaban J connectivity index is 3.34. The number of esters is 1. The highest BCUT2D eigenvalue weighted by atomic mass is 32.2. The Kier molecular flexibility index (Phi) is 9.30. The zero-order valence-corrected chi connectivity index (χ0v) is 19.2. The van der Waals surface area contributed by atoms with Gasteiger partial charge in [0.1, 0.15) is 5.60 Å². The number of rotatable bonds is 11. The second-order valence-electron chi connectivity index (χ2n) is 8.22. The molecular formula is C23H35NO4S. The zero-order chi connectivity index (χ0) is 22.2. The molecule has 0 aliphatic rings. The molecule has 0 radical (unpaired) electrons. The highest BCUT2D eigenvalue weighted by Crippen LogP contribution is 2.27. The molecule has 0 bridgehead atoms. The summed E-state index contributed by atoms with van der Waals surface area (Å²) in [5.74, 6) is -0.577. The standard InChI is InChI=1S/C23H35NO4S/c1-8-10-11-12-21(19(4)22(25)28-23(5,6)7)24(17-9-2)29(26,27)20-15-13-18(3)14-16-20/h9,13-16,21H,2,4,8,10-12,17H2,1,3,5-7H3/t21-/m0/s1. The molecule has 1 aromatic rings. The van der Waals surface area contributed by atoms with Crippen LogP contribution in [-0.4, -0.2) is 36.9 Å². The lowest BCUT2D eigenvalue weighted by molar-refractivity contribution is -0.150. The number of sulfonamides is 1. The van der Waals surface area contributed by atoms with Gasteiger partial charge in [-0.25, -0.2) is 13.2 Å². The van der Waals surface area contributed by atoms with Crippen LogP contribution in [0.1, 0.15) is 58.9 Å². The summed E-state index contributed by atoms with van der Waals surface area (Å²) in [6.45, 7) is 17.0. The average Bonchev–Trinajstić information content (AvgIpc) is 2.62. The Labute approximate surface area is 176 Å². The predicted octanol–water partition coefficient (Wildman–Crippen LogP) is 5.02. The van der Waals surface area contributed by atoms with Crippen LogP contribution in [0.3, 0.4) is 0 Å². The van der Waals surface area contributed by atoms with E-state index >= 15 is 0 Å². The molecule has 0 aliphatic heterocycles. The van der Waals surface area contributed by atoms with E-state index in [1.165, 1.54) is 10.4 Å². The van der Waals surface area contributed by atoms with Gasteiger partial charge in [0.2, 0.25) is 10.0 Å². The van der Waals surface area contributed by atoms with Crippen LogP contribution in [-0.2, 0) is 19.6 Å². The number of aryl methyl sites for hydroxylation is 1. The van der Waals surface area contributed by atoms with Gasteiger partial charge >= 0.3 is 5.97 Å². The zero-order valence-electron chi connectivity index (χ0n) is 18.4. The molecule has 0 heterocycles. The topological polar surface area (TPSA) is 63.7 Å². The van der Waals surface area contributed by atoms with Crippen LogP contribution >= 0.6 is 0 Å². The van der Waals surface area contributed by atoms with E-state index in [1.807, 2.05) is 6.92 Å². The van der Waals surface area contributed by atoms with E-state index in [4.69, 9.17) is 4.74 Å². The summed E-state index contributed by atoms with van der Waals surface area (Å²) in [5, 5.41) is 0. The Hall–Kier alpha value is -1.92. The monoisotopic (exact) mass is 421 g/mol. The SMILES string of the molecule is C=CCN([C@@H](CCCCC)C(=C)C(=O)OC(C)(C)C)S(=O)(=O)c1ccc(C)cc1. The van der Waals surface area contributed by atoms with Crippen molar-refractivity contribution in [2.75, 3.05) is 6.54 Å². The van der Waals surface area contributed by atoms with Crippen molar-refractivity contribution in [3.63, 3.8) is 0 Å². The molecule has 1 atom stereocenters. The quantitative estimate of drug-likeness (QED) is 0.218. The Bertz CT molecular complexity index is 804. The van der Waals surface area contributed by atoms with Crippen LogP contribution in [0.4, 0.5) is 0 Å². The first-order chi connectivity index (χ1) is 13.4. The summed E-state index contributed by atoms with van der Waals surface area (Å²) in [6.07, 6.45) is 4.72. The number of unbranched alkanes of at least 4 members (excludes halogenated alkanes) is 2. The number of carbonyl (C=O) groups is 1. The summed E-state index contributed by atoms with van der Waals surface area (Å²) in [7, 11) is -3.85. The van der Waals surface area contributed by atoms with Crippen molar-refractivity contribution in [3.8, 4) is 0 Å². The molecule has 0 aliphatic carbocycles. The van der Waals surface area contributed by atoms with Gasteiger partial charge in [-0.2, -0.15) is 4.31 Å². The third-order valence-corrected chi connectivity index (χ3v) is 6.32. The molecular weight excluding hydrogens is 386 g/mol. The van der Waals surface area contributed by atoms with Crippen molar-refractivity contribution < 1.29 is 17.9 Å². The van der Waals surface area contributed by atoms with Gasteiger partial charge in [-0.15, -0.1) is 6.58 Å². The van der Waals surface area contributed by atoms with Gasteiger partial charge in [0.25, 0.3) is 0 Å². The Morgan fingerprint density at radius 3 is 2.28 bits per heavy atom. The lowest BCUT2D eigenvalue weighted by Crippen LogP contribution is -2.44. The Morgan fingerprint density at radius 2 is 1.79 bits per heavy atom. The van der Waals surface area contributed by atoms with E-state index in [9.17, 15) is 13.2 Å². The highest BCUT2D eigenvalue weighted by molar-refractivity contribution is 7.89. The third-order valence-electron chi connectivity index (χ3n) is 4.43. The molecule has 0 saturated carbocycles. The van der Waals surface area contributed by atoms with Crippen LogP contribution in [0.15, 0.2) is 54.0 Å². The normalized spacial score (nSPS) is 13.2. The maximum Gasteiger partial charge on any atom is 0.335 e.